The van der Waals surface area contributed by atoms with Gasteiger partial charge in [0, 0.05) is 35.2 Å². The van der Waals surface area contributed by atoms with E-state index in [-0.39, 0.29) is 17.9 Å². The fraction of sp³-hybridized carbons (Fsp3) is 0.333. The summed E-state index contributed by atoms with van der Waals surface area (Å²) in [6.45, 7) is 1.24. The number of hydrogen-bond donors (Lipinski definition) is 2. The van der Waals surface area contributed by atoms with Crippen LogP contribution in [-0.2, 0) is 9.53 Å². The Labute approximate surface area is 174 Å². The van der Waals surface area contributed by atoms with Crippen molar-refractivity contribution in [1.29, 1.82) is 0 Å². The molecule has 0 radical (unpaired) electrons. The molecule has 2 aromatic carbocycles. The van der Waals surface area contributed by atoms with Crippen molar-refractivity contribution in [3.05, 3.63) is 59.1 Å². The summed E-state index contributed by atoms with van der Waals surface area (Å²) in [6.07, 6.45) is 2.42. The van der Waals surface area contributed by atoms with E-state index >= 15 is 0 Å². The summed E-state index contributed by atoms with van der Waals surface area (Å²) in [5.74, 6) is 0.309. The Kier molecular flexibility index (Phi) is 7.77. The maximum absolute atomic E-state index is 12.5. The van der Waals surface area contributed by atoms with E-state index in [4.69, 9.17) is 16.3 Å². The van der Waals surface area contributed by atoms with Crippen molar-refractivity contribution < 1.29 is 14.3 Å². The smallest absolute Gasteiger partial charge is 0.253 e. The zero-order chi connectivity index (χ0) is 19.8. The number of rotatable bonds is 8. The average Bonchev–Trinajstić information content (AvgIpc) is 3.22. The lowest BCUT2D eigenvalue weighted by Crippen LogP contribution is -2.32. The van der Waals surface area contributed by atoms with Gasteiger partial charge in [-0.15, -0.1) is 11.8 Å². The van der Waals surface area contributed by atoms with E-state index in [1.807, 2.05) is 24.3 Å². The third kappa shape index (κ3) is 6.26. The summed E-state index contributed by atoms with van der Waals surface area (Å²) in [4.78, 5) is 25.9. The van der Waals surface area contributed by atoms with Gasteiger partial charge in [0.15, 0.2) is 0 Å². The molecule has 148 valence electrons. The highest BCUT2D eigenvalue weighted by atomic mass is 35.5. The van der Waals surface area contributed by atoms with Gasteiger partial charge in [0.1, 0.15) is 0 Å². The first kappa shape index (κ1) is 20.7. The van der Waals surface area contributed by atoms with Crippen molar-refractivity contribution in [1.82, 2.24) is 5.32 Å². The lowest BCUT2D eigenvalue weighted by molar-refractivity contribution is -0.115. The number of amides is 2. The Hall–Kier alpha value is -2.02. The fourth-order valence-corrected chi connectivity index (χ4v) is 3.88. The fourth-order valence-electron chi connectivity index (χ4n) is 2.90. The molecule has 0 bridgehead atoms. The Bertz CT molecular complexity index is 808. The van der Waals surface area contributed by atoms with E-state index in [0.29, 0.717) is 35.0 Å². The number of thioether (sulfide) groups is 1. The molecule has 5 nitrogen and oxygen atoms in total. The minimum absolute atomic E-state index is 0.0793. The van der Waals surface area contributed by atoms with Crippen molar-refractivity contribution in [2.75, 3.05) is 24.2 Å². The number of benzene rings is 2. The third-order valence-corrected chi connectivity index (χ3v) is 5.64. The lowest BCUT2D eigenvalue weighted by Gasteiger charge is -2.13. The van der Waals surface area contributed by atoms with Crippen LogP contribution in [0.25, 0.3) is 0 Å². The highest BCUT2D eigenvalue weighted by molar-refractivity contribution is 7.99. The van der Waals surface area contributed by atoms with Gasteiger partial charge < -0.3 is 15.4 Å². The molecule has 3 rings (SSSR count). The molecule has 1 heterocycles. The SMILES string of the molecule is O=C(CCSc1ccc(Cl)cc1)Nc1ccccc1C(=O)NCC1CCCO1. The molecular formula is C21H23ClN2O3S. The first-order chi connectivity index (χ1) is 13.6. The second kappa shape index (κ2) is 10.5. The van der Waals surface area contributed by atoms with Gasteiger partial charge in [-0.2, -0.15) is 0 Å². The average molecular weight is 419 g/mol. The van der Waals surface area contributed by atoms with Gasteiger partial charge in [-0.25, -0.2) is 0 Å². The molecule has 1 saturated heterocycles. The lowest BCUT2D eigenvalue weighted by atomic mass is 10.1. The van der Waals surface area contributed by atoms with E-state index in [2.05, 4.69) is 10.6 Å². The third-order valence-electron chi connectivity index (χ3n) is 4.37. The summed E-state index contributed by atoms with van der Waals surface area (Å²) in [5.41, 5.74) is 0.980. The predicted octanol–water partition coefficient (Wildman–Crippen LogP) is 4.37. The zero-order valence-corrected chi connectivity index (χ0v) is 17.0. The molecule has 0 aromatic heterocycles. The molecule has 0 saturated carbocycles. The Morgan fingerprint density at radius 2 is 1.93 bits per heavy atom. The number of halogens is 1. The molecule has 2 N–H and O–H groups in total. The molecule has 1 atom stereocenters. The normalized spacial score (nSPS) is 16.0. The summed E-state index contributed by atoms with van der Waals surface area (Å²) in [5, 5.41) is 6.43. The van der Waals surface area contributed by atoms with Gasteiger partial charge in [-0.1, -0.05) is 23.7 Å². The van der Waals surface area contributed by atoms with E-state index in [9.17, 15) is 9.59 Å². The Balaban J connectivity index is 1.49. The van der Waals surface area contributed by atoms with Crippen molar-refractivity contribution in [2.45, 2.75) is 30.3 Å². The number of carbonyl (C=O) groups is 2. The number of para-hydroxylation sites is 1. The largest absolute Gasteiger partial charge is 0.376 e. The number of nitrogens with one attached hydrogen (secondary N) is 2. The van der Waals surface area contributed by atoms with Crippen molar-refractivity contribution in [2.24, 2.45) is 0 Å². The van der Waals surface area contributed by atoms with Crippen molar-refractivity contribution in [3.63, 3.8) is 0 Å². The summed E-state index contributed by atoms with van der Waals surface area (Å²) >= 11 is 7.46. The quantitative estimate of drug-likeness (QED) is 0.624. The van der Waals surface area contributed by atoms with Crippen LogP contribution in [-0.4, -0.2) is 36.8 Å². The molecule has 0 aliphatic carbocycles. The molecule has 7 heteroatoms. The van der Waals surface area contributed by atoms with Crippen molar-refractivity contribution in [3.8, 4) is 0 Å². The standard InChI is InChI=1S/C21H23ClN2O3S/c22-15-7-9-17(10-8-15)28-13-11-20(25)24-19-6-2-1-5-18(19)21(26)23-14-16-4-3-12-27-16/h1-2,5-10,16H,3-4,11-14H2,(H,23,26)(H,24,25). The minimum Gasteiger partial charge on any atom is -0.376 e. The summed E-state index contributed by atoms with van der Waals surface area (Å²) in [6, 6.07) is 14.6. The van der Waals surface area contributed by atoms with Crippen LogP contribution in [0.3, 0.4) is 0 Å². The minimum atomic E-state index is -0.207. The number of anilines is 1. The molecule has 0 spiro atoms. The highest BCUT2D eigenvalue weighted by Crippen LogP contribution is 2.22. The van der Waals surface area contributed by atoms with Gasteiger partial charge in [0.2, 0.25) is 5.91 Å². The second-order valence-electron chi connectivity index (χ2n) is 6.49. The first-order valence-corrected chi connectivity index (χ1v) is 10.7. The van der Waals surface area contributed by atoms with E-state index < -0.39 is 0 Å². The number of hydrogen-bond acceptors (Lipinski definition) is 4. The molecular weight excluding hydrogens is 396 g/mol. The van der Waals surface area contributed by atoms with E-state index in [1.165, 1.54) is 0 Å². The van der Waals surface area contributed by atoms with E-state index in [1.54, 1.807) is 36.0 Å². The molecule has 1 unspecified atom stereocenters. The van der Waals surface area contributed by atoms with E-state index in [0.717, 1.165) is 24.3 Å². The van der Waals surface area contributed by atoms with Gasteiger partial charge in [-0.05, 0) is 49.2 Å². The second-order valence-corrected chi connectivity index (χ2v) is 8.10. The monoisotopic (exact) mass is 418 g/mol. The van der Waals surface area contributed by atoms with Crippen LogP contribution in [0.15, 0.2) is 53.4 Å². The predicted molar refractivity (Wildman–Crippen MR) is 113 cm³/mol. The first-order valence-electron chi connectivity index (χ1n) is 9.29. The topological polar surface area (TPSA) is 67.4 Å². The maximum atomic E-state index is 12.5. The molecule has 2 amide bonds. The van der Waals surface area contributed by atoms with Crippen LogP contribution in [0, 0.1) is 0 Å². The van der Waals surface area contributed by atoms with Gasteiger partial charge in [0.05, 0.1) is 17.4 Å². The molecule has 1 fully saturated rings. The van der Waals surface area contributed by atoms with Crippen LogP contribution in [0.1, 0.15) is 29.6 Å². The number of ether oxygens (including phenoxy) is 1. The number of carbonyl (C=O) groups excluding carboxylic acids is 2. The van der Waals surface area contributed by atoms with Gasteiger partial charge in [-0.3, -0.25) is 9.59 Å². The van der Waals surface area contributed by atoms with Gasteiger partial charge in [0.25, 0.3) is 5.91 Å². The Morgan fingerprint density at radius 3 is 2.68 bits per heavy atom. The molecule has 28 heavy (non-hydrogen) atoms. The van der Waals surface area contributed by atoms with Crippen LogP contribution >= 0.6 is 23.4 Å². The Morgan fingerprint density at radius 1 is 1.14 bits per heavy atom. The molecule has 1 aliphatic rings. The zero-order valence-electron chi connectivity index (χ0n) is 15.4. The maximum Gasteiger partial charge on any atom is 0.253 e. The summed E-state index contributed by atoms with van der Waals surface area (Å²) in [7, 11) is 0. The molecule has 1 aliphatic heterocycles. The summed E-state index contributed by atoms with van der Waals surface area (Å²) < 4.78 is 5.53. The van der Waals surface area contributed by atoms with Gasteiger partial charge >= 0.3 is 0 Å². The van der Waals surface area contributed by atoms with Crippen LogP contribution in [0.4, 0.5) is 5.69 Å². The van der Waals surface area contributed by atoms with Crippen LogP contribution < -0.4 is 10.6 Å². The molecule has 2 aromatic rings. The van der Waals surface area contributed by atoms with Crippen molar-refractivity contribution >= 4 is 40.9 Å². The van der Waals surface area contributed by atoms with Crippen LogP contribution in [0.2, 0.25) is 5.02 Å². The van der Waals surface area contributed by atoms with Crippen LogP contribution in [0.5, 0.6) is 0 Å². The highest BCUT2D eigenvalue weighted by Gasteiger charge is 2.18.